The van der Waals surface area contributed by atoms with Crippen LogP contribution in [0.1, 0.15) is 23.1 Å². The highest BCUT2D eigenvalue weighted by atomic mass is 79.9. The number of rotatable bonds is 4. The molecule has 1 unspecified atom stereocenters. The van der Waals surface area contributed by atoms with Gasteiger partial charge in [-0.05, 0) is 54.2 Å². The standard InChI is InChI=1S/C14H14BrF2NO/c1-8-3-6-13(19-8)12(18-2)7-9-11(16)5-4-10(15)14(9)17/h3-6,12,18H,7H2,1-2H3. The zero-order chi connectivity index (χ0) is 14.0. The quantitative estimate of drug-likeness (QED) is 0.853. The first-order valence-corrected chi connectivity index (χ1v) is 6.68. The third-order valence-electron chi connectivity index (χ3n) is 3.00. The van der Waals surface area contributed by atoms with Crippen LogP contribution in [-0.4, -0.2) is 7.05 Å². The van der Waals surface area contributed by atoms with Crippen LogP contribution in [0, 0.1) is 18.6 Å². The van der Waals surface area contributed by atoms with Crippen molar-refractivity contribution in [3.05, 3.63) is 57.5 Å². The van der Waals surface area contributed by atoms with E-state index in [1.54, 1.807) is 7.05 Å². The molecule has 0 fully saturated rings. The monoisotopic (exact) mass is 329 g/mol. The lowest BCUT2D eigenvalue weighted by atomic mass is 10.0. The maximum Gasteiger partial charge on any atom is 0.143 e. The van der Waals surface area contributed by atoms with E-state index in [1.165, 1.54) is 12.1 Å². The molecule has 1 atom stereocenters. The summed E-state index contributed by atoms with van der Waals surface area (Å²) in [5.74, 6) is 0.317. The van der Waals surface area contributed by atoms with Gasteiger partial charge in [-0.1, -0.05) is 0 Å². The lowest BCUT2D eigenvalue weighted by Gasteiger charge is -2.15. The van der Waals surface area contributed by atoms with Gasteiger partial charge in [-0.25, -0.2) is 8.78 Å². The molecule has 0 spiro atoms. The van der Waals surface area contributed by atoms with Gasteiger partial charge in [-0.15, -0.1) is 0 Å². The second-order valence-corrected chi connectivity index (χ2v) is 5.17. The fourth-order valence-electron chi connectivity index (χ4n) is 1.95. The van der Waals surface area contributed by atoms with Crippen molar-refractivity contribution in [3.63, 3.8) is 0 Å². The molecule has 0 bridgehead atoms. The van der Waals surface area contributed by atoms with Crippen molar-refractivity contribution in [2.24, 2.45) is 0 Å². The first-order valence-electron chi connectivity index (χ1n) is 5.89. The third-order valence-corrected chi connectivity index (χ3v) is 3.61. The van der Waals surface area contributed by atoms with Gasteiger partial charge >= 0.3 is 0 Å². The molecule has 0 amide bonds. The number of nitrogens with one attached hydrogen (secondary N) is 1. The smallest absolute Gasteiger partial charge is 0.143 e. The lowest BCUT2D eigenvalue weighted by molar-refractivity contribution is 0.406. The van der Waals surface area contributed by atoms with E-state index in [0.29, 0.717) is 5.76 Å². The summed E-state index contributed by atoms with van der Waals surface area (Å²) in [5, 5.41) is 3.01. The largest absolute Gasteiger partial charge is 0.465 e. The molecule has 5 heteroatoms. The molecular formula is C14H14BrF2NO. The average Bonchev–Trinajstić information content (AvgIpc) is 2.81. The van der Waals surface area contributed by atoms with Crippen molar-refractivity contribution in [2.45, 2.75) is 19.4 Å². The summed E-state index contributed by atoms with van der Waals surface area (Å²) >= 11 is 3.07. The molecule has 1 aromatic carbocycles. The number of furan rings is 1. The van der Waals surface area contributed by atoms with Gasteiger partial charge in [0.1, 0.15) is 23.2 Å². The van der Waals surface area contributed by atoms with E-state index in [9.17, 15) is 8.78 Å². The zero-order valence-corrected chi connectivity index (χ0v) is 12.2. The van der Waals surface area contributed by atoms with E-state index in [2.05, 4.69) is 21.2 Å². The predicted octanol–water partition coefficient (Wildman–Crippen LogP) is 4.13. The molecule has 1 heterocycles. The molecule has 0 saturated heterocycles. The Morgan fingerprint density at radius 1 is 1.26 bits per heavy atom. The Morgan fingerprint density at radius 2 is 2.00 bits per heavy atom. The molecule has 2 nitrogen and oxygen atoms in total. The number of likely N-dealkylation sites (N-methyl/N-ethyl adjacent to an activating group) is 1. The van der Waals surface area contributed by atoms with Crippen molar-refractivity contribution in [2.75, 3.05) is 7.05 Å². The van der Waals surface area contributed by atoms with Crippen LogP contribution in [0.2, 0.25) is 0 Å². The fraction of sp³-hybridized carbons (Fsp3) is 0.286. The van der Waals surface area contributed by atoms with Gasteiger partial charge in [0.25, 0.3) is 0 Å². The maximum absolute atomic E-state index is 13.9. The Kier molecular flexibility index (Phi) is 4.37. The summed E-state index contributed by atoms with van der Waals surface area (Å²) in [6, 6.07) is 5.98. The van der Waals surface area contributed by atoms with Crippen LogP contribution < -0.4 is 5.32 Å². The number of aryl methyl sites for hydroxylation is 1. The summed E-state index contributed by atoms with van der Waals surface area (Å²) in [4.78, 5) is 0. The van der Waals surface area contributed by atoms with Gasteiger partial charge < -0.3 is 9.73 Å². The molecule has 1 N–H and O–H groups in total. The zero-order valence-electron chi connectivity index (χ0n) is 10.6. The van der Waals surface area contributed by atoms with E-state index in [4.69, 9.17) is 4.42 Å². The van der Waals surface area contributed by atoms with Gasteiger partial charge in [0.05, 0.1) is 10.5 Å². The molecule has 0 aliphatic rings. The molecule has 0 radical (unpaired) electrons. The second kappa shape index (κ2) is 5.84. The summed E-state index contributed by atoms with van der Waals surface area (Å²) in [5.41, 5.74) is 0.0442. The van der Waals surface area contributed by atoms with Crippen LogP contribution in [0.5, 0.6) is 0 Å². The normalized spacial score (nSPS) is 12.7. The summed E-state index contributed by atoms with van der Waals surface area (Å²) in [6.45, 7) is 1.83. The predicted molar refractivity (Wildman–Crippen MR) is 73.0 cm³/mol. The summed E-state index contributed by atoms with van der Waals surface area (Å²) < 4.78 is 33.4. The maximum atomic E-state index is 13.9. The highest BCUT2D eigenvalue weighted by Gasteiger charge is 2.20. The minimum atomic E-state index is -0.566. The third kappa shape index (κ3) is 3.04. The van der Waals surface area contributed by atoms with Crippen molar-refractivity contribution >= 4 is 15.9 Å². The Bertz CT molecular complexity index is 583. The minimum absolute atomic E-state index is 0.0442. The average molecular weight is 330 g/mol. The van der Waals surface area contributed by atoms with Gasteiger partial charge in [-0.2, -0.15) is 0 Å². The number of benzene rings is 1. The molecule has 0 aliphatic heterocycles. The van der Waals surface area contributed by atoms with Crippen LogP contribution >= 0.6 is 15.9 Å². The Morgan fingerprint density at radius 3 is 2.58 bits per heavy atom. The van der Waals surface area contributed by atoms with Crippen molar-refractivity contribution in [1.29, 1.82) is 0 Å². The fourth-order valence-corrected chi connectivity index (χ4v) is 2.32. The van der Waals surface area contributed by atoms with Crippen LogP contribution in [-0.2, 0) is 6.42 Å². The minimum Gasteiger partial charge on any atom is -0.465 e. The van der Waals surface area contributed by atoms with E-state index in [-0.39, 0.29) is 22.5 Å². The van der Waals surface area contributed by atoms with E-state index < -0.39 is 11.6 Å². The highest BCUT2D eigenvalue weighted by Crippen LogP contribution is 2.27. The molecular weight excluding hydrogens is 316 g/mol. The van der Waals surface area contributed by atoms with Crippen LogP contribution in [0.3, 0.4) is 0 Å². The number of halogens is 3. The number of hydrogen-bond donors (Lipinski definition) is 1. The SMILES string of the molecule is CNC(Cc1c(F)ccc(Br)c1F)c1ccc(C)o1. The Hall–Kier alpha value is -1.20. The summed E-state index contributed by atoms with van der Waals surface area (Å²) in [7, 11) is 1.73. The van der Waals surface area contributed by atoms with Crippen molar-refractivity contribution in [1.82, 2.24) is 5.32 Å². The first kappa shape index (κ1) is 14.2. The molecule has 0 saturated carbocycles. The van der Waals surface area contributed by atoms with Gasteiger partial charge in [0, 0.05) is 12.0 Å². The first-order chi connectivity index (χ1) is 9.02. The van der Waals surface area contributed by atoms with Gasteiger partial charge in [0.2, 0.25) is 0 Å². The number of hydrogen-bond acceptors (Lipinski definition) is 2. The Balaban J connectivity index is 2.31. The Labute approximate surface area is 118 Å². The van der Waals surface area contributed by atoms with Gasteiger partial charge in [0.15, 0.2) is 0 Å². The van der Waals surface area contributed by atoms with Crippen LogP contribution in [0.25, 0.3) is 0 Å². The van der Waals surface area contributed by atoms with Crippen LogP contribution in [0.15, 0.2) is 33.2 Å². The molecule has 2 rings (SSSR count). The molecule has 19 heavy (non-hydrogen) atoms. The van der Waals surface area contributed by atoms with Crippen molar-refractivity contribution in [3.8, 4) is 0 Å². The highest BCUT2D eigenvalue weighted by molar-refractivity contribution is 9.10. The molecule has 2 aromatic rings. The van der Waals surface area contributed by atoms with Crippen LogP contribution in [0.4, 0.5) is 8.78 Å². The van der Waals surface area contributed by atoms with E-state index >= 15 is 0 Å². The lowest BCUT2D eigenvalue weighted by Crippen LogP contribution is -2.19. The molecule has 102 valence electrons. The topological polar surface area (TPSA) is 25.2 Å². The van der Waals surface area contributed by atoms with E-state index in [1.807, 2.05) is 19.1 Å². The molecule has 0 aliphatic carbocycles. The molecule has 1 aromatic heterocycles. The van der Waals surface area contributed by atoms with Gasteiger partial charge in [-0.3, -0.25) is 0 Å². The summed E-state index contributed by atoms with van der Waals surface area (Å²) in [6.07, 6.45) is 0.181. The van der Waals surface area contributed by atoms with Crippen molar-refractivity contribution < 1.29 is 13.2 Å². The van der Waals surface area contributed by atoms with E-state index in [0.717, 1.165) is 5.76 Å². The second-order valence-electron chi connectivity index (χ2n) is 4.32.